The highest BCUT2D eigenvalue weighted by Gasteiger charge is 2.33. The van der Waals surface area contributed by atoms with Gasteiger partial charge in [0, 0.05) is 12.1 Å². The van der Waals surface area contributed by atoms with Crippen molar-refractivity contribution >= 4 is 28.9 Å². The molecule has 0 aromatic heterocycles. The third-order valence-corrected chi connectivity index (χ3v) is 3.26. The number of nitro benzene ring substituents is 1. The maximum atomic E-state index is 12.8. The average molecular weight is 360 g/mol. The minimum Gasteiger partial charge on any atom is -0.298 e. The minimum atomic E-state index is -4.60. The van der Waals surface area contributed by atoms with Gasteiger partial charge in [-0.1, -0.05) is 23.7 Å². The number of carbonyl (C=O) groups is 1. The van der Waals surface area contributed by atoms with E-state index in [0.717, 1.165) is 30.3 Å². The van der Waals surface area contributed by atoms with Crippen molar-refractivity contribution < 1.29 is 22.9 Å². The van der Waals surface area contributed by atoms with Gasteiger partial charge < -0.3 is 0 Å². The lowest BCUT2D eigenvalue weighted by molar-refractivity contribution is -0.384. The summed E-state index contributed by atoms with van der Waals surface area (Å²) < 4.78 is 38.5. The predicted octanol–water partition coefficient (Wildman–Crippen LogP) is 4.02. The first kappa shape index (κ1) is 17.5. The topological polar surface area (TPSA) is 84.3 Å². The first-order chi connectivity index (χ1) is 11.2. The van der Waals surface area contributed by atoms with Crippen molar-refractivity contribution in [2.75, 3.05) is 5.43 Å². The molecule has 10 heteroatoms. The van der Waals surface area contributed by atoms with E-state index < -0.39 is 22.6 Å². The Morgan fingerprint density at radius 1 is 1.17 bits per heavy atom. The van der Waals surface area contributed by atoms with Crippen LogP contribution in [0.4, 0.5) is 24.5 Å². The number of amides is 1. The van der Waals surface area contributed by atoms with E-state index in [9.17, 15) is 28.1 Å². The first-order valence-corrected chi connectivity index (χ1v) is 6.74. The molecule has 0 aliphatic rings. The van der Waals surface area contributed by atoms with Crippen molar-refractivity contribution in [3.8, 4) is 0 Å². The summed E-state index contributed by atoms with van der Waals surface area (Å²) in [5, 5.41) is 10.4. The summed E-state index contributed by atoms with van der Waals surface area (Å²) in [6.45, 7) is 0. The number of benzene rings is 2. The smallest absolute Gasteiger partial charge is 0.298 e. The molecule has 2 N–H and O–H groups in total. The van der Waals surface area contributed by atoms with Gasteiger partial charge in [-0.15, -0.1) is 0 Å². The SMILES string of the molecule is O=C(NNc1ccccc1C(F)(F)F)c1ccc([N+](=O)[O-])cc1Cl. The Balaban J connectivity index is 2.16. The molecule has 0 fully saturated rings. The number of nitrogens with zero attached hydrogens (tertiary/aromatic N) is 1. The van der Waals surface area contributed by atoms with Gasteiger partial charge in [0.1, 0.15) is 0 Å². The molecule has 0 spiro atoms. The highest BCUT2D eigenvalue weighted by molar-refractivity contribution is 6.34. The van der Waals surface area contributed by atoms with Crippen molar-refractivity contribution in [1.29, 1.82) is 0 Å². The van der Waals surface area contributed by atoms with E-state index in [0.29, 0.717) is 0 Å². The fraction of sp³-hybridized carbons (Fsp3) is 0.0714. The van der Waals surface area contributed by atoms with Crippen molar-refractivity contribution in [2.45, 2.75) is 6.18 Å². The molecular weight excluding hydrogens is 351 g/mol. The molecule has 24 heavy (non-hydrogen) atoms. The van der Waals surface area contributed by atoms with Gasteiger partial charge in [0.15, 0.2) is 0 Å². The van der Waals surface area contributed by atoms with Crippen LogP contribution in [-0.4, -0.2) is 10.8 Å². The van der Waals surface area contributed by atoms with Crippen LogP contribution in [0.15, 0.2) is 42.5 Å². The van der Waals surface area contributed by atoms with Gasteiger partial charge in [-0.2, -0.15) is 13.2 Å². The Kier molecular flexibility index (Phi) is 4.93. The number of nitrogens with one attached hydrogen (secondary N) is 2. The number of non-ortho nitro benzene ring substituents is 1. The zero-order valence-corrected chi connectivity index (χ0v) is 12.5. The number of halogens is 4. The number of hydrogen-bond donors (Lipinski definition) is 2. The van der Waals surface area contributed by atoms with Crippen LogP contribution >= 0.6 is 11.6 Å². The lowest BCUT2D eigenvalue weighted by Crippen LogP contribution is -2.30. The number of alkyl halides is 3. The molecule has 0 aliphatic carbocycles. The fourth-order valence-corrected chi connectivity index (χ4v) is 2.09. The average Bonchev–Trinajstić information content (AvgIpc) is 2.51. The molecule has 126 valence electrons. The second-order valence-corrected chi connectivity index (χ2v) is 4.95. The van der Waals surface area contributed by atoms with Gasteiger partial charge in [-0.05, 0) is 18.2 Å². The van der Waals surface area contributed by atoms with Crippen molar-refractivity contribution in [3.63, 3.8) is 0 Å². The van der Waals surface area contributed by atoms with E-state index in [1.54, 1.807) is 0 Å². The maximum Gasteiger partial charge on any atom is 0.418 e. The Hall–Kier alpha value is -2.81. The summed E-state index contributed by atoms with van der Waals surface area (Å²) in [6.07, 6.45) is -4.60. The number of anilines is 1. The Morgan fingerprint density at radius 3 is 2.42 bits per heavy atom. The number of rotatable bonds is 4. The van der Waals surface area contributed by atoms with Crippen LogP contribution in [0.2, 0.25) is 5.02 Å². The van der Waals surface area contributed by atoms with Crippen molar-refractivity contribution in [2.24, 2.45) is 0 Å². The normalized spacial score (nSPS) is 11.0. The minimum absolute atomic E-state index is 0.126. The van der Waals surface area contributed by atoms with Crippen LogP contribution in [0.1, 0.15) is 15.9 Å². The number of carbonyl (C=O) groups excluding carboxylic acids is 1. The summed E-state index contributed by atoms with van der Waals surface area (Å²) in [4.78, 5) is 21.9. The molecule has 0 unspecified atom stereocenters. The van der Waals surface area contributed by atoms with Gasteiger partial charge >= 0.3 is 6.18 Å². The molecule has 0 heterocycles. The van der Waals surface area contributed by atoms with Crippen LogP contribution in [0.25, 0.3) is 0 Å². The Morgan fingerprint density at radius 2 is 1.83 bits per heavy atom. The third-order valence-electron chi connectivity index (χ3n) is 2.95. The van der Waals surface area contributed by atoms with Crippen molar-refractivity contribution in [3.05, 3.63) is 68.7 Å². The molecule has 0 aliphatic heterocycles. The quantitative estimate of drug-likeness (QED) is 0.637. The molecule has 2 aromatic carbocycles. The molecule has 0 atom stereocenters. The van der Waals surface area contributed by atoms with Crippen LogP contribution in [-0.2, 0) is 6.18 Å². The zero-order chi connectivity index (χ0) is 17.9. The molecule has 0 radical (unpaired) electrons. The third kappa shape index (κ3) is 3.93. The maximum absolute atomic E-state index is 12.8. The van der Waals surface area contributed by atoms with Crippen molar-refractivity contribution in [1.82, 2.24) is 5.43 Å². The first-order valence-electron chi connectivity index (χ1n) is 6.36. The second kappa shape index (κ2) is 6.75. The lowest BCUT2D eigenvalue weighted by Gasteiger charge is -2.15. The van der Waals surface area contributed by atoms with Crippen LogP contribution in [0.3, 0.4) is 0 Å². The fourth-order valence-electron chi connectivity index (χ4n) is 1.83. The largest absolute Gasteiger partial charge is 0.418 e. The molecule has 6 nitrogen and oxygen atoms in total. The highest BCUT2D eigenvalue weighted by Crippen LogP contribution is 2.34. The summed E-state index contributed by atoms with van der Waals surface area (Å²) in [6, 6.07) is 7.71. The molecule has 2 aromatic rings. The number of para-hydroxylation sites is 1. The van der Waals surface area contributed by atoms with E-state index in [1.807, 2.05) is 0 Å². The summed E-state index contributed by atoms with van der Waals surface area (Å²) >= 11 is 5.78. The van der Waals surface area contributed by atoms with Gasteiger partial charge in [-0.3, -0.25) is 25.8 Å². The van der Waals surface area contributed by atoms with E-state index in [-0.39, 0.29) is 22.0 Å². The van der Waals surface area contributed by atoms with E-state index >= 15 is 0 Å². The molecule has 0 saturated carbocycles. The van der Waals surface area contributed by atoms with Gasteiger partial charge in [0.05, 0.1) is 26.8 Å². The molecular formula is C14H9ClF3N3O3. The summed E-state index contributed by atoms with van der Waals surface area (Å²) in [5.41, 5.74) is 2.50. The molecule has 0 saturated heterocycles. The van der Waals surface area contributed by atoms with Gasteiger partial charge in [0.25, 0.3) is 11.6 Å². The standard InChI is InChI=1S/C14H9ClF3N3O3/c15-11-7-8(21(23)24)5-6-9(11)13(22)20-19-12-4-2-1-3-10(12)14(16,17)18/h1-7,19H,(H,20,22). The Bertz CT molecular complexity index is 796. The van der Waals surface area contributed by atoms with Crippen LogP contribution in [0.5, 0.6) is 0 Å². The predicted molar refractivity (Wildman–Crippen MR) is 80.6 cm³/mol. The summed E-state index contributed by atoms with van der Waals surface area (Å²) in [5.74, 6) is -0.841. The van der Waals surface area contributed by atoms with E-state index in [1.165, 1.54) is 12.1 Å². The van der Waals surface area contributed by atoms with Crippen LogP contribution in [0, 0.1) is 10.1 Å². The number of nitro groups is 1. The lowest BCUT2D eigenvalue weighted by atomic mass is 10.2. The van der Waals surface area contributed by atoms with Gasteiger partial charge in [-0.25, -0.2) is 0 Å². The summed E-state index contributed by atoms with van der Waals surface area (Å²) in [7, 11) is 0. The number of hydrazine groups is 1. The molecule has 1 amide bonds. The molecule has 0 bridgehead atoms. The monoisotopic (exact) mass is 359 g/mol. The van der Waals surface area contributed by atoms with E-state index in [2.05, 4.69) is 10.9 Å². The highest BCUT2D eigenvalue weighted by atomic mass is 35.5. The van der Waals surface area contributed by atoms with Gasteiger partial charge in [0.2, 0.25) is 0 Å². The molecule has 2 rings (SSSR count). The Labute approximate surface area is 138 Å². The number of hydrogen-bond acceptors (Lipinski definition) is 4. The second-order valence-electron chi connectivity index (χ2n) is 4.54. The van der Waals surface area contributed by atoms with E-state index in [4.69, 9.17) is 11.6 Å². The van der Waals surface area contributed by atoms with Crippen LogP contribution < -0.4 is 10.9 Å². The zero-order valence-electron chi connectivity index (χ0n) is 11.7.